The van der Waals surface area contributed by atoms with E-state index in [1.165, 1.54) is 6.42 Å². The molecule has 1 saturated carbocycles. The van der Waals surface area contributed by atoms with Crippen molar-refractivity contribution in [1.29, 1.82) is 0 Å². The maximum absolute atomic E-state index is 13.0. The maximum atomic E-state index is 13.0. The molecule has 1 heterocycles. The van der Waals surface area contributed by atoms with Gasteiger partial charge in [0.25, 0.3) is 0 Å². The first kappa shape index (κ1) is 30.3. The van der Waals surface area contributed by atoms with Crippen LogP contribution in [0.1, 0.15) is 81.5 Å². The van der Waals surface area contributed by atoms with Crippen LogP contribution in [0.2, 0.25) is 0 Å². The summed E-state index contributed by atoms with van der Waals surface area (Å²) in [6, 6.07) is 20.9. The van der Waals surface area contributed by atoms with Gasteiger partial charge in [0.2, 0.25) is 0 Å². The Bertz CT molecular complexity index is 1570. The smallest absolute Gasteiger partial charge is 0.411 e. The molecule has 1 aliphatic rings. The van der Waals surface area contributed by atoms with Gasteiger partial charge < -0.3 is 14.4 Å². The van der Waals surface area contributed by atoms with Crippen molar-refractivity contribution in [2.24, 2.45) is 17.8 Å². The standard InChI is InChI=1S/C36H43N3O4/c1-5-6-11-34-38-31-19-17-27(37-36(42)43-33-20-24(4)12-18-28(33)23(2)3)21-32(31)39(34)22-25-13-15-26(16-14-25)29-9-7-8-10-30(29)35(40)41/h7-10,13-17,19,21,23-24,28,33H,5-6,11-12,18,20,22H2,1-4H3,(H,37,42)(H,40,41). The number of amides is 1. The van der Waals surface area contributed by atoms with Gasteiger partial charge in [0.15, 0.2) is 0 Å². The Kier molecular flexibility index (Phi) is 9.49. The number of aryl methyl sites for hydroxylation is 1. The largest absolute Gasteiger partial charge is 0.478 e. The zero-order chi connectivity index (χ0) is 30.5. The number of nitrogens with one attached hydrogen (secondary N) is 1. The quantitative estimate of drug-likeness (QED) is 0.195. The van der Waals surface area contributed by atoms with Crippen LogP contribution in [0.25, 0.3) is 22.2 Å². The Morgan fingerprint density at radius 3 is 2.56 bits per heavy atom. The number of ether oxygens (including phenoxy) is 1. The van der Waals surface area contributed by atoms with Crippen LogP contribution >= 0.6 is 0 Å². The minimum Gasteiger partial charge on any atom is -0.478 e. The monoisotopic (exact) mass is 581 g/mol. The van der Waals surface area contributed by atoms with Crippen molar-refractivity contribution in [3.8, 4) is 11.1 Å². The van der Waals surface area contributed by atoms with Crippen molar-refractivity contribution in [3.05, 3.63) is 83.7 Å². The minimum absolute atomic E-state index is 0.0657. The zero-order valence-corrected chi connectivity index (χ0v) is 25.7. The summed E-state index contributed by atoms with van der Waals surface area (Å²) in [6.07, 6.45) is 5.67. The summed E-state index contributed by atoms with van der Waals surface area (Å²) in [5.41, 5.74) is 5.45. The minimum atomic E-state index is -0.938. The van der Waals surface area contributed by atoms with Crippen LogP contribution in [-0.2, 0) is 17.7 Å². The summed E-state index contributed by atoms with van der Waals surface area (Å²) in [7, 11) is 0. The van der Waals surface area contributed by atoms with Crippen molar-refractivity contribution in [2.45, 2.75) is 78.9 Å². The molecule has 1 aliphatic carbocycles. The van der Waals surface area contributed by atoms with Crippen LogP contribution in [0, 0.1) is 17.8 Å². The van der Waals surface area contributed by atoms with E-state index in [1.54, 1.807) is 12.1 Å². The van der Waals surface area contributed by atoms with E-state index in [4.69, 9.17) is 9.72 Å². The number of rotatable bonds is 10. The third kappa shape index (κ3) is 7.10. The van der Waals surface area contributed by atoms with Crippen LogP contribution in [0.5, 0.6) is 0 Å². The molecule has 0 aliphatic heterocycles. The van der Waals surface area contributed by atoms with Gasteiger partial charge in [-0.05, 0) is 78.0 Å². The average molecular weight is 582 g/mol. The van der Waals surface area contributed by atoms with Crippen LogP contribution < -0.4 is 5.32 Å². The lowest BCUT2D eigenvalue weighted by Gasteiger charge is -2.36. The van der Waals surface area contributed by atoms with Gasteiger partial charge in [0, 0.05) is 18.7 Å². The maximum Gasteiger partial charge on any atom is 0.411 e. The van der Waals surface area contributed by atoms with Gasteiger partial charge >= 0.3 is 12.1 Å². The van der Waals surface area contributed by atoms with Crippen molar-refractivity contribution in [1.82, 2.24) is 9.55 Å². The van der Waals surface area contributed by atoms with E-state index in [0.717, 1.165) is 60.1 Å². The summed E-state index contributed by atoms with van der Waals surface area (Å²) in [5, 5.41) is 12.6. The first-order valence-electron chi connectivity index (χ1n) is 15.6. The number of hydrogen-bond donors (Lipinski definition) is 2. The highest BCUT2D eigenvalue weighted by Crippen LogP contribution is 2.35. The number of carbonyl (C=O) groups excluding carboxylic acids is 1. The normalized spacial score (nSPS) is 18.6. The van der Waals surface area contributed by atoms with Crippen molar-refractivity contribution < 1.29 is 19.4 Å². The van der Waals surface area contributed by atoms with Crippen LogP contribution in [0.15, 0.2) is 66.7 Å². The van der Waals surface area contributed by atoms with Crippen LogP contribution in [-0.4, -0.2) is 32.8 Å². The second kappa shape index (κ2) is 13.4. The van der Waals surface area contributed by atoms with Gasteiger partial charge in [-0.1, -0.05) is 83.0 Å². The Hall–Kier alpha value is -4.13. The Labute approximate surface area is 254 Å². The number of imidazole rings is 1. The van der Waals surface area contributed by atoms with E-state index in [-0.39, 0.29) is 11.7 Å². The summed E-state index contributed by atoms with van der Waals surface area (Å²) in [5.74, 6) is 1.48. The van der Waals surface area contributed by atoms with Gasteiger partial charge in [0.05, 0.1) is 16.6 Å². The molecule has 0 bridgehead atoms. The molecular weight excluding hydrogens is 538 g/mol. The number of unbranched alkanes of at least 4 members (excludes halogenated alkanes) is 1. The summed E-state index contributed by atoms with van der Waals surface area (Å²) < 4.78 is 8.22. The van der Waals surface area contributed by atoms with Gasteiger partial charge in [-0.25, -0.2) is 14.6 Å². The molecule has 1 amide bonds. The van der Waals surface area contributed by atoms with Gasteiger partial charge in [-0.3, -0.25) is 5.32 Å². The average Bonchev–Trinajstić information content (AvgIpc) is 3.32. The molecule has 7 heteroatoms. The highest BCUT2D eigenvalue weighted by atomic mass is 16.6. The molecule has 0 spiro atoms. The number of carboxylic acid groups (broad SMARTS) is 1. The fourth-order valence-corrected chi connectivity index (χ4v) is 6.38. The lowest BCUT2D eigenvalue weighted by molar-refractivity contribution is 0.0126. The second-order valence-electron chi connectivity index (χ2n) is 12.4. The molecule has 2 N–H and O–H groups in total. The fourth-order valence-electron chi connectivity index (χ4n) is 6.38. The molecule has 4 aromatic rings. The Balaban J connectivity index is 1.38. The molecule has 43 heavy (non-hydrogen) atoms. The number of hydrogen-bond acceptors (Lipinski definition) is 4. The number of aromatic nitrogens is 2. The van der Waals surface area contributed by atoms with Crippen LogP contribution in [0.4, 0.5) is 10.5 Å². The molecule has 7 nitrogen and oxygen atoms in total. The molecular formula is C36H43N3O4. The van der Waals surface area contributed by atoms with Gasteiger partial charge in [-0.2, -0.15) is 0 Å². The first-order chi connectivity index (χ1) is 20.7. The highest BCUT2D eigenvalue weighted by molar-refractivity contribution is 5.96. The molecule has 0 saturated heterocycles. The second-order valence-corrected chi connectivity index (χ2v) is 12.4. The molecule has 3 atom stereocenters. The lowest BCUT2D eigenvalue weighted by atomic mass is 9.75. The number of carboxylic acids is 1. The summed E-state index contributed by atoms with van der Waals surface area (Å²) >= 11 is 0. The summed E-state index contributed by atoms with van der Waals surface area (Å²) in [6.45, 7) is 9.44. The summed E-state index contributed by atoms with van der Waals surface area (Å²) in [4.78, 5) is 29.7. The first-order valence-corrected chi connectivity index (χ1v) is 15.6. The number of carbonyl (C=O) groups is 2. The van der Waals surface area contributed by atoms with Gasteiger partial charge in [0.1, 0.15) is 11.9 Å². The predicted octanol–water partition coefficient (Wildman–Crippen LogP) is 8.80. The third-order valence-electron chi connectivity index (χ3n) is 8.81. The Morgan fingerprint density at radius 1 is 1.07 bits per heavy atom. The molecule has 3 unspecified atom stereocenters. The van der Waals surface area contributed by atoms with Crippen molar-refractivity contribution in [2.75, 3.05) is 5.32 Å². The van der Waals surface area contributed by atoms with E-state index in [0.29, 0.717) is 35.5 Å². The zero-order valence-electron chi connectivity index (χ0n) is 25.7. The predicted molar refractivity (Wildman–Crippen MR) is 172 cm³/mol. The third-order valence-corrected chi connectivity index (χ3v) is 8.81. The molecule has 1 fully saturated rings. The SMILES string of the molecule is CCCCc1nc2ccc(NC(=O)OC3CC(C)CCC3C(C)C)cc2n1Cc1ccc(-c2ccccc2C(=O)O)cc1. The lowest BCUT2D eigenvalue weighted by Crippen LogP contribution is -2.36. The van der Waals surface area contributed by atoms with Crippen molar-refractivity contribution in [3.63, 3.8) is 0 Å². The van der Waals surface area contributed by atoms with E-state index in [2.05, 4.69) is 37.6 Å². The molecule has 3 aromatic carbocycles. The van der Waals surface area contributed by atoms with Crippen molar-refractivity contribution >= 4 is 28.8 Å². The van der Waals surface area contributed by atoms with Gasteiger partial charge in [-0.15, -0.1) is 0 Å². The number of fused-ring (bicyclic) bond motifs is 1. The molecule has 5 rings (SSSR count). The van der Waals surface area contributed by atoms with Crippen LogP contribution in [0.3, 0.4) is 0 Å². The highest BCUT2D eigenvalue weighted by Gasteiger charge is 2.33. The fraction of sp³-hybridized carbons (Fsp3) is 0.417. The van der Waals surface area contributed by atoms with E-state index < -0.39 is 12.1 Å². The number of nitrogens with zero attached hydrogens (tertiary/aromatic N) is 2. The molecule has 1 aromatic heterocycles. The van der Waals surface area contributed by atoms with E-state index in [1.807, 2.05) is 54.6 Å². The topological polar surface area (TPSA) is 93.5 Å². The number of benzene rings is 3. The number of aromatic carboxylic acids is 1. The van der Waals surface area contributed by atoms with E-state index in [9.17, 15) is 14.7 Å². The number of anilines is 1. The molecule has 226 valence electrons. The van der Waals surface area contributed by atoms with E-state index >= 15 is 0 Å². The molecule has 0 radical (unpaired) electrons. The Morgan fingerprint density at radius 2 is 1.84 bits per heavy atom.